The maximum Gasteiger partial charge on any atom is 0.0488 e. The van der Waals surface area contributed by atoms with Crippen molar-refractivity contribution in [3.05, 3.63) is 21.9 Å². The number of aliphatic hydroxyl groups is 1. The van der Waals surface area contributed by atoms with Gasteiger partial charge in [-0.3, -0.25) is 4.90 Å². The van der Waals surface area contributed by atoms with Crippen LogP contribution in [0.2, 0.25) is 0 Å². The van der Waals surface area contributed by atoms with Crippen molar-refractivity contribution < 1.29 is 5.11 Å². The molecule has 1 N–H and O–H groups in total. The Kier molecular flexibility index (Phi) is 5.43. The van der Waals surface area contributed by atoms with Crippen molar-refractivity contribution in [2.75, 3.05) is 19.7 Å². The Balaban J connectivity index is 2.15. The van der Waals surface area contributed by atoms with Crippen LogP contribution in [0.5, 0.6) is 0 Å². The summed E-state index contributed by atoms with van der Waals surface area (Å²) in [5.41, 5.74) is 0. The molecule has 0 amide bonds. The van der Waals surface area contributed by atoms with Gasteiger partial charge in [-0.1, -0.05) is 20.8 Å². The molecular weight excluding hydrogens is 254 g/mol. The molecular formula is C16H27NOS. The highest BCUT2D eigenvalue weighted by Crippen LogP contribution is 2.36. The summed E-state index contributed by atoms with van der Waals surface area (Å²) >= 11 is 1.95. The second-order valence-electron chi connectivity index (χ2n) is 6.25. The normalized spacial score (nSPS) is 20.1. The summed E-state index contributed by atoms with van der Waals surface area (Å²) in [4.78, 5) is 5.49. The molecule has 0 aromatic carbocycles. The number of hydrogen-bond donors (Lipinski definition) is 1. The van der Waals surface area contributed by atoms with Crippen LogP contribution < -0.4 is 0 Å². The first-order valence-corrected chi connectivity index (χ1v) is 8.37. The number of hydrogen-bond acceptors (Lipinski definition) is 3. The highest BCUT2D eigenvalue weighted by molar-refractivity contribution is 7.12. The van der Waals surface area contributed by atoms with E-state index in [4.69, 9.17) is 0 Å². The molecule has 2 unspecified atom stereocenters. The summed E-state index contributed by atoms with van der Waals surface area (Å²) in [6.45, 7) is 9.36. The molecule has 2 nitrogen and oxygen atoms in total. The lowest BCUT2D eigenvalue weighted by atomic mass is 10.00. The van der Waals surface area contributed by atoms with Crippen LogP contribution in [-0.4, -0.2) is 29.7 Å². The molecule has 2 heterocycles. The lowest BCUT2D eigenvalue weighted by Gasteiger charge is -2.31. The van der Waals surface area contributed by atoms with Crippen LogP contribution in [0.4, 0.5) is 0 Å². The van der Waals surface area contributed by atoms with E-state index in [1.54, 1.807) is 0 Å². The molecule has 2 atom stereocenters. The first kappa shape index (κ1) is 15.0. The van der Waals surface area contributed by atoms with Gasteiger partial charge in [0, 0.05) is 22.4 Å². The third kappa shape index (κ3) is 3.80. The molecule has 2 rings (SSSR count). The van der Waals surface area contributed by atoms with Gasteiger partial charge in [0.2, 0.25) is 0 Å². The van der Waals surface area contributed by atoms with Crippen molar-refractivity contribution in [3.63, 3.8) is 0 Å². The van der Waals surface area contributed by atoms with Crippen LogP contribution in [0.25, 0.3) is 0 Å². The predicted octanol–water partition coefficient (Wildman–Crippen LogP) is 3.71. The predicted molar refractivity (Wildman–Crippen MR) is 82.7 cm³/mol. The molecule has 1 aromatic rings. The molecule has 0 saturated carbocycles. The zero-order chi connectivity index (χ0) is 13.8. The average molecular weight is 281 g/mol. The standard InChI is InChI=1S/C16H27NOS/c1-12(2)10-14-6-7-15(19-14)16(13(3)11-18)17-8-4-5-9-17/h6-7,12-13,16,18H,4-5,8-11H2,1-3H3. The molecule has 0 aliphatic carbocycles. The van der Waals surface area contributed by atoms with Crippen LogP contribution in [0.15, 0.2) is 12.1 Å². The van der Waals surface area contributed by atoms with Gasteiger partial charge in [-0.15, -0.1) is 11.3 Å². The molecule has 108 valence electrons. The number of rotatable bonds is 6. The fraction of sp³-hybridized carbons (Fsp3) is 0.750. The molecule has 1 aromatic heterocycles. The Labute approximate surface area is 121 Å². The third-order valence-corrected chi connectivity index (χ3v) is 5.12. The minimum atomic E-state index is 0.276. The van der Waals surface area contributed by atoms with Crippen LogP contribution in [0.3, 0.4) is 0 Å². The molecule has 0 spiro atoms. The first-order chi connectivity index (χ1) is 9.11. The van der Waals surface area contributed by atoms with Crippen LogP contribution in [0, 0.1) is 11.8 Å². The summed E-state index contributed by atoms with van der Waals surface area (Å²) in [5.74, 6) is 1.04. The lowest BCUT2D eigenvalue weighted by molar-refractivity contribution is 0.128. The minimum Gasteiger partial charge on any atom is -0.396 e. The monoisotopic (exact) mass is 281 g/mol. The minimum absolute atomic E-state index is 0.276. The fourth-order valence-electron chi connectivity index (χ4n) is 3.01. The van der Waals surface area contributed by atoms with E-state index in [2.05, 4.69) is 37.8 Å². The van der Waals surface area contributed by atoms with Gasteiger partial charge in [0.25, 0.3) is 0 Å². The third-order valence-electron chi connectivity index (χ3n) is 3.94. The van der Waals surface area contributed by atoms with Gasteiger partial charge < -0.3 is 5.11 Å². The van der Waals surface area contributed by atoms with Gasteiger partial charge in [0.05, 0.1) is 0 Å². The van der Waals surface area contributed by atoms with Gasteiger partial charge in [0.1, 0.15) is 0 Å². The van der Waals surface area contributed by atoms with Crippen molar-refractivity contribution in [1.29, 1.82) is 0 Å². The Morgan fingerprint density at radius 3 is 2.47 bits per heavy atom. The summed E-state index contributed by atoms with van der Waals surface area (Å²) in [6, 6.07) is 4.99. The first-order valence-electron chi connectivity index (χ1n) is 7.55. The van der Waals surface area contributed by atoms with Crippen LogP contribution >= 0.6 is 11.3 Å². The SMILES string of the molecule is CC(C)Cc1ccc(C(C(C)CO)N2CCCC2)s1. The lowest BCUT2D eigenvalue weighted by Crippen LogP contribution is -2.31. The molecule has 3 heteroatoms. The van der Waals surface area contributed by atoms with E-state index in [0.717, 1.165) is 0 Å². The van der Waals surface area contributed by atoms with Gasteiger partial charge in [-0.25, -0.2) is 0 Å². The molecule has 1 fully saturated rings. The quantitative estimate of drug-likeness (QED) is 0.859. The summed E-state index contributed by atoms with van der Waals surface area (Å²) in [7, 11) is 0. The van der Waals surface area contributed by atoms with Crippen molar-refractivity contribution >= 4 is 11.3 Å². The van der Waals surface area contributed by atoms with E-state index < -0.39 is 0 Å². The topological polar surface area (TPSA) is 23.5 Å². The summed E-state index contributed by atoms with van der Waals surface area (Å²) in [6.07, 6.45) is 3.78. The van der Waals surface area contributed by atoms with Crippen molar-refractivity contribution in [1.82, 2.24) is 4.90 Å². The average Bonchev–Trinajstić information content (AvgIpc) is 3.01. The van der Waals surface area contributed by atoms with E-state index in [1.807, 2.05) is 11.3 Å². The fourth-order valence-corrected chi connectivity index (χ4v) is 4.50. The highest BCUT2D eigenvalue weighted by atomic mass is 32.1. The maximum absolute atomic E-state index is 9.56. The van der Waals surface area contributed by atoms with E-state index >= 15 is 0 Å². The van der Waals surface area contributed by atoms with Crippen LogP contribution in [0.1, 0.15) is 49.4 Å². The Morgan fingerprint density at radius 2 is 1.89 bits per heavy atom. The van der Waals surface area contributed by atoms with Crippen LogP contribution in [-0.2, 0) is 6.42 Å². The Morgan fingerprint density at radius 1 is 1.21 bits per heavy atom. The largest absolute Gasteiger partial charge is 0.396 e. The molecule has 0 bridgehead atoms. The summed E-state index contributed by atoms with van der Waals surface area (Å²) in [5, 5.41) is 9.56. The number of thiophene rings is 1. The number of likely N-dealkylation sites (tertiary alicyclic amines) is 1. The van der Waals surface area contributed by atoms with Gasteiger partial charge in [-0.2, -0.15) is 0 Å². The Bertz CT molecular complexity index is 382. The Hall–Kier alpha value is -0.380. The van der Waals surface area contributed by atoms with E-state index in [-0.39, 0.29) is 6.61 Å². The molecule has 0 radical (unpaired) electrons. The second-order valence-corrected chi connectivity index (χ2v) is 7.45. The zero-order valence-electron chi connectivity index (χ0n) is 12.4. The smallest absolute Gasteiger partial charge is 0.0488 e. The van der Waals surface area contributed by atoms with E-state index in [0.29, 0.717) is 17.9 Å². The van der Waals surface area contributed by atoms with Crippen molar-refractivity contribution in [2.24, 2.45) is 11.8 Å². The molecule has 1 aliphatic rings. The van der Waals surface area contributed by atoms with Gasteiger partial charge in [0.15, 0.2) is 0 Å². The van der Waals surface area contributed by atoms with Crippen molar-refractivity contribution in [2.45, 2.75) is 46.1 Å². The maximum atomic E-state index is 9.56. The molecule has 1 aliphatic heterocycles. The van der Waals surface area contributed by atoms with Gasteiger partial charge >= 0.3 is 0 Å². The van der Waals surface area contributed by atoms with E-state index in [9.17, 15) is 5.11 Å². The highest BCUT2D eigenvalue weighted by Gasteiger charge is 2.29. The number of nitrogens with zero attached hydrogens (tertiary/aromatic N) is 1. The van der Waals surface area contributed by atoms with E-state index in [1.165, 1.54) is 42.1 Å². The molecule has 1 saturated heterocycles. The van der Waals surface area contributed by atoms with Crippen molar-refractivity contribution in [3.8, 4) is 0 Å². The molecule has 19 heavy (non-hydrogen) atoms. The van der Waals surface area contributed by atoms with Gasteiger partial charge in [-0.05, 0) is 56.3 Å². The summed E-state index contributed by atoms with van der Waals surface area (Å²) < 4.78 is 0. The zero-order valence-corrected chi connectivity index (χ0v) is 13.2. The number of aliphatic hydroxyl groups excluding tert-OH is 1. The second kappa shape index (κ2) is 6.87.